The molecule has 19 heavy (non-hydrogen) atoms. The molecular formula is C13H23N5O. The Morgan fingerprint density at radius 2 is 2.16 bits per heavy atom. The van der Waals surface area contributed by atoms with Gasteiger partial charge in [-0.3, -0.25) is 0 Å². The molecule has 6 heteroatoms. The molecule has 0 bridgehead atoms. The number of anilines is 2. The van der Waals surface area contributed by atoms with E-state index in [2.05, 4.69) is 27.6 Å². The van der Waals surface area contributed by atoms with E-state index < -0.39 is 0 Å². The fourth-order valence-electron chi connectivity index (χ4n) is 2.19. The van der Waals surface area contributed by atoms with Crippen molar-refractivity contribution in [2.24, 2.45) is 11.8 Å². The van der Waals surface area contributed by atoms with E-state index in [1.165, 1.54) is 19.3 Å². The smallest absolute Gasteiger partial charge is 0.158 e. The van der Waals surface area contributed by atoms with Crippen LogP contribution in [-0.2, 0) is 11.3 Å². The molecule has 1 aromatic heterocycles. The number of hydrogen-bond acceptors (Lipinski definition) is 6. The van der Waals surface area contributed by atoms with Crippen molar-refractivity contribution in [3.63, 3.8) is 0 Å². The minimum atomic E-state index is 0.401. The van der Waals surface area contributed by atoms with Crippen molar-refractivity contribution < 1.29 is 4.74 Å². The third-order valence-electron chi connectivity index (χ3n) is 3.59. The highest BCUT2D eigenvalue weighted by Crippen LogP contribution is 2.30. The van der Waals surface area contributed by atoms with Crippen molar-refractivity contribution in [1.82, 2.24) is 9.97 Å². The van der Waals surface area contributed by atoms with Gasteiger partial charge in [-0.05, 0) is 32.6 Å². The van der Waals surface area contributed by atoms with Gasteiger partial charge < -0.3 is 15.5 Å². The van der Waals surface area contributed by atoms with Crippen LogP contribution in [0.15, 0.2) is 6.07 Å². The summed E-state index contributed by atoms with van der Waals surface area (Å²) in [7, 11) is 0. The van der Waals surface area contributed by atoms with Gasteiger partial charge in [0.1, 0.15) is 18.2 Å². The standard InChI is InChI=1S/C13H23N5O/c1-3-19-8-13-16-11(7-12(17-13)18-14)15-9(2)10-5-4-6-10/h7,9-10H,3-6,8,14H2,1-2H3,(H2,15,16,17,18). The van der Waals surface area contributed by atoms with Crippen LogP contribution < -0.4 is 16.6 Å². The number of hydrazine groups is 1. The molecule has 1 aromatic rings. The van der Waals surface area contributed by atoms with Crippen molar-refractivity contribution in [3.05, 3.63) is 11.9 Å². The van der Waals surface area contributed by atoms with Crippen molar-refractivity contribution in [3.8, 4) is 0 Å². The van der Waals surface area contributed by atoms with Crippen molar-refractivity contribution in [2.75, 3.05) is 17.3 Å². The number of rotatable bonds is 7. The number of nitrogens with zero attached hydrogens (tertiary/aromatic N) is 2. The number of nitrogens with two attached hydrogens (primary N) is 1. The van der Waals surface area contributed by atoms with Gasteiger partial charge in [0.25, 0.3) is 0 Å². The molecule has 4 N–H and O–H groups in total. The molecular weight excluding hydrogens is 242 g/mol. The zero-order valence-electron chi connectivity index (χ0n) is 11.6. The van der Waals surface area contributed by atoms with Crippen LogP contribution in [0.5, 0.6) is 0 Å². The summed E-state index contributed by atoms with van der Waals surface area (Å²) in [6, 6.07) is 2.25. The predicted molar refractivity (Wildman–Crippen MR) is 75.6 cm³/mol. The molecule has 0 radical (unpaired) electrons. The number of hydrogen-bond donors (Lipinski definition) is 3. The van der Waals surface area contributed by atoms with Crippen LogP contribution in [-0.4, -0.2) is 22.6 Å². The molecule has 1 aliphatic carbocycles. The molecule has 1 fully saturated rings. The zero-order chi connectivity index (χ0) is 13.7. The maximum absolute atomic E-state index is 5.44. The number of nitrogens with one attached hydrogen (secondary N) is 2. The van der Waals surface area contributed by atoms with Crippen LogP contribution >= 0.6 is 0 Å². The highest BCUT2D eigenvalue weighted by atomic mass is 16.5. The Kier molecular flexibility index (Phi) is 4.93. The molecule has 1 aliphatic rings. The van der Waals surface area contributed by atoms with Crippen LogP contribution in [0.4, 0.5) is 11.6 Å². The van der Waals surface area contributed by atoms with E-state index >= 15 is 0 Å². The summed E-state index contributed by atoms with van der Waals surface area (Å²) >= 11 is 0. The second-order valence-corrected chi connectivity index (χ2v) is 4.96. The molecule has 0 saturated heterocycles. The van der Waals surface area contributed by atoms with E-state index in [1.807, 2.05) is 13.0 Å². The Morgan fingerprint density at radius 3 is 2.74 bits per heavy atom. The molecule has 2 rings (SSSR count). The third kappa shape index (κ3) is 3.78. The van der Waals surface area contributed by atoms with Gasteiger partial charge in [-0.1, -0.05) is 6.42 Å². The molecule has 1 saturated carbocycles. The highest BCUT2D eigenvalue weighted by molar-refractivity contribution is 5.47. The summed E-state index contributed by atoms with van der Waals surface area (Å²) in [6.45, 7) is 5.19. The second-order valence-electron chi connectivity index (χ2n) is 4.96. The lowest BCUT2D eigenvalue weighted by Crippen LogP contribution is -2.31. The SMILES string of the molecule is CCOCc1nc(NN)cc(NC(C)C2CCC2)n1. The normalized spacial score (nSPS) is 16.8. The monoisotopic (exact) mass is 265 g/mol. The number of nitrogen functional groups attached to an aromatic ring is 1. The first-order chi connectivity index (χ1) is 9.22. The van der Waals surface area contributed by atoms with E-state index in [1.54, 1.807) is 0 Å². The van der Waals surface area contributed by atoms with E-state index in [0.29, 0.717) is 30.9 Å². The zero-order valence-corrected chi connectivity index (χ0v) is 11.6. The number of aromatic nitrogens is 2. The van der Waals surface area contributed by atoms with Crippen molar-refractivity contribution >= 4 is 11.6 Å². The fraction of sp³-hybridized carbons (Fsp3) is 0.692. The van der Waals surface area contributed by atoms with E-state index in [9.17, 15) is 0 Å². The molecule has 0 amide bonds. The van der Waals surface area contributed by atoms with Gasteiger partial charge in [0, 0.05) is 18.7 Å². The van der Waals surface area contributed by atoms with Crippen LogP contribution in [0.3, 0.4) is 0 Å². The van der Waals surface area contributed by atoms with Crippen LogP contribution in [0.1, 0.15) is 38.9 Å². The summed E-state index contributed by atoms with van der Waals surface area (Å²) in [5.74, 6) is 8.23. The third-order valence-corrected chi connectivity index (χ3v) is 3.59. The minimum absolute atomic E-state index is 0.401. The Balaban J connectivity index is 2.04. The van der Waals surface area contributed by atoms with Crippen LogP contribution in [0.2, 0.25) is 0 Å². The lowest BCUT2D eigenvalue weighted by atomic mass is 9.80. The van der Waals surface area contributed by atoms with E-state index in [0.717, 1.165) is 11.7 Å². The maximum Gasteiger partial charge on any atom is 0.158 e. The summed E-state index contributed by atoms with van der Waals surface area (Å²) in [6.07, 6.45) is 3.94. The summed E-state index contributed by atoms with van der Waals surface area (Å²) < 4.78 is 5.34. The second kappa shape index (κ2) is 6.68. The van der Waals surface area contributed by atoms with Crippen molar-refractivity contribution in [1.29, 1.82) is 0 Å². The summed E-state index contributed by atoms with van der Waals surface area (Å²) in [5.41, 5.74) is 2.57. The fourth-order valence-corrected chi connectivity index (χ4v) is 2.19. The van der Waals surface area contributed by atoms with Crippen molar-refractivity contribution in [2.45, 2.75) is 45.8 Å². The Hall–Kier alpha value is -1.40. The summed E-state index contributed by atoms with van der Waals surface area (Å²) in [4.78, 5) is 8.72. The average molecular weight is 265 g/mol. The largest absolute Gasteiger partial charge is 0.374 e. The molecule has 1 heterocycles. The lowest BCUT2D eigenvalue weighted by molar-refractivity contribution is 0.128. The average Bonchev–Trinajstić information content (AvgIpc) is 2.33. The topological polar surface area (TPSA) is 85.1 Å². The van der Waals surface area contributed by atoms with Crippen LogP contribution in [0, 0.1) is 5.92 Å². The predicted octanol–water partition coefficient (Wildman–Crippen LogP) is 1.90. The molecule has 1 atom stereocenters. The first kappa shape index (κ1) is 14.0. The molecule has 0 spiro atoms. The number of ether oxygens (including phenoxy) is 1. The Bertz CT molecular complexity index is 408. The molecule has 106 valence electrons. The molecule has 0 aliphatic heterocycles. The van der Waals surface area contributed by atoms with Gasteiger partial charge in [0.2, 0.25) is 0 Å². The quantitative estimate of drug-likeness (QED) is 0.516. The first-order valence-corrected chi connectivity index (χ1v) is 6.91. The maximum atomic E-state index is 5.44. The Labute approximate surface area is 114 Å². The molecule has 6 nitrogen and oxygen atoms in total. The van der Waals surface area contributed by atoms with E-state index in [-0.39, 0.29) is 0 Å². The Morgan fingerprint density at radius 1 is 1.42 bits per heavy atom. The summed E-state index contributed by atoms with van der Waals surface area (Å²) in [5, 5.41) is 3.43. The molecule has 0 aromatic carbocycles. The lowest BCUT2D eigenvalue weighted by Gasteiger charge is -2.32. The minimum Gasteiger partial charge on any atom is -0.374 e. The van der Waals surface area contributed by atoms with Gasteiger partial charge in [-0.2, -0.15) is 0 Å². The van der Waals surface area contributed by atoms with Gasteiger partial charge in [0.05, 0.1) is 0 Å². The van der Waals surface area contributed by atoms with Gasteiger partial charge in [-0.15, -0.1) is 0 Å². The van der Waals surface area contributed by atoms with Crippen LogP contribution in [0.25, 0.3) is 0 Å². The van der Waals surface area contributed by atoms with Gasteiger partial charge in [0.15, 0.2) is 5.82 Å². The van der Waals surface area contributed by atoms with E-state index in [4.69, 9.17) is 10.6 Å². The highest BCUT2D eigenvalue weighted by Gasteiger charge is 2.24. The molecule has 1 unspecified atom stereocenters. The van der Waals surface area contributed by atoms with Gasteiger partial charge >= 0.3 is 0 Å². The first-order valence-electron chi connectivity index (χ1n) is 6.91. The van der Waals surface area contributed by atoms with Gasteiger partial charge in [-0.25, -0.2) is 15.8 Å².